The number of fused-ring (bicyclic) bond motifs is 1. The Kier molecular flexibility index (Phi) is 3.23. The molecule has 3 nitrogen and oxygen atoms in total. The molecule has 2 N–H and O–H groups in total. The quantitative estimate of drug-likeness (QED) is 0.879. The minimum atomic E-state index is 0.351. The minimum absolute atomic E-state index is 0.351. The van der Waals surface area contributed by atoms with E-state index in [-0.39, 0.29) is 0 Å². The number of hydrogen-bond acceptors (Lipinski definition) is 2. The molecule has 0 amide bonds. The lowest BCUT2D eigenvalue weighted by Gasteiger charge is -2.27. The zero-order chi connectivity index (χ0) is 13.4. The van der Waals surface area contributed by atoms with Crippen molar-refractivity contribution in [1.29, 1.82) is 0 Å². The maximum Gasteiger partial charge on any atom is 0.139 e. The largest absolute Gasteiger partial charge is 0.506 e. The summed E-state index contributed by atoms with van der Waals surface area (Å²) in [6, 6.07) is 8.98. The molecule has 102 valence electrons. The molecule has 0 radical (unpaired) electrons. The summed E-state index contributed by atoms with van der Waals surface area (Å²) in [5, 5.41) is 14.8. The van der Waals surface area contributed by atoms with Crippen LogP contribution in [-0.2, 0) is 6.54 Å². The number of phenolic OH excluding ortho intramolecular Hbond substituents is 1. The summed E-state index contributed by atoms with van der Waals surface area (Å²) in [4.78, 5) is 0. The molecule has 0 atom stereocenters. The second-order valence-corrected chi connectivity index (χ2v) is 5.82. The molecule has 2 aromatic rings. The Morgan fingerprint density at radius 1 is 1.37 bits per heavy atom. The lowest BCUT2D eigenvalue weighted by molar-refractivity contribution is 0.334. The van der Waals surface area contributed by atoms with Crippen molar-refractivity contribution in [2.75, 3.05) is 0 Å². The maximum atomic E-state index is 10.1. The molecule has 0 spiro atoms. The molecule has 19 heavy (non-hydrogen) atoms. The number of benzene rings is 1. The van der Waals surface area contributed by atoms with Crippen molar-refractivity contribution >= 4 is 10.9 Å². The third-order valence-electron chi connectivity index (χ3n) is 4.11. The van der Waals surface area contributed by atoms with E-state index < -0.39 is 0 Å². The summed E-state index contributed by atoms with van der Waals surface area (Å²) in [5.41, 5.74) is 2.22. The lowest BCUT2D eigenvalue weighted by Crippen LogP contribution is -2.35. The van der Waals surface area contributed by atoms with Crippen molar-refractivity contribution in [3.63, 3.8) is 0 Å². The summed E-state index contributed by atoms with van der Waals surface area (Å²) in [6.45, 7) is 5.22. The first-order valence-corrected chi connectivity index (χ1v) is 7.22. The third-order valence-corrected chi connectivity index (χ3v) is 4.11. The SMILES string of the molecule is CC(C)n1c(CNC2CCC2)cc2cccc(O)c21. The predicted molar refractivity (Wildman–Crippen MR) is 78.5 cm³/mol. The fourth-order valence-corrected chi connectivity index (χ4v) is 2.91. The molecule has 0 unspecified atom stereocenters. The van der Waals surface area contributed by atoms with Crippen LogP contribution in [0, 0.1) is 0 Å². The second kappa shape index (κ2) is 4.89. The van der Waals surface area contributed by atoms with E-state index in [0.717, 1.165) is 17.4 Å². The average molecular weight is 258 g/mol. The van der Waals surface area contributed by atoms with Crippen LogP contribution in [0.2, 0.25) is 0 Å². The highest BCUT2D eigenvalue weighted by atomic mass is 16.3. The van der Waals surface area contributed by atoms with Gasteiger partial charge in [-0.25, -0.2) is 0 Å². The Hall–Kier alpha value is -1.48. The van der Waals surface area contributed by atoms with E-state index in [1.807, 2.05) is 6.07 Å². The average Bonchev–Trinajstić information content (AvgIpc) is 2.67. The molecule has 0 saturated heterocycles. The summed E-state index contributed by atoms with van der Waals surface area (Å²) in [5.74, 6) is 0.376. The van der Waals surface area contributed by atoms with Gasteiger partial charge >= 0.3 is 0 Å². The predicted octanol–water partition coefficient (Wildman–Crippen LogP) is 3.57. The molecular formula is C16H22N2O. The maximum absolute atomic E-state index is 10.1. The molecule has 0 bridgehead atoms. The van der Waals surface area contributed by atoms with E-state index in [1.54, 1.807) is 6.07 Å². The van der Waals surface area contributed by atoms with E-state index in [2.05, 4.69) is 35.9 Å². The van der Waals surface area contributed by atoms with Crippen molar-refractivity contribution in [3.05, 3.63) is 30.0 Å². The van der Waals surface area contributed by atoms with Gasteiger partial charge in [0.1, 0.15) is 5.75 Å². The number of para-hydroxylation sites is 1. The fourth-order valence-electron chi connectivity index (χ4n) is 2.91. The smallest absolute Gasteiger partial charge is 0.139 e. The van der Waals surface area contributed by atoms with Crippen molar-refractivity contribution in [1.82, 2.24) is 9.88 Å². The minimum Gasteiger partial charge on any atom is -0.506 e. The van der Waals surface area contributed by atoms with Gasteiger partial charge in [0.25, 0.3) is 0 Å². The Morgan fingerprint density at radius 2 is 2.16 bits per heavy atom. The number of rotatable bonds is 4. The molecule has 1 saturated carbocycles. The van der Waals surface area contributed by atoms with Crippen LogP contribution in [0.1, 0.15) is 44.8 Å². The zero-order valence-electron chi connectivity index (χ0n) is 11.7. The van der Waals surface area contributed by atoms with Crippen LogP contribution in [0.4, 0.5) is 0 Å². The molecule has 1 aromatic carbocycles. The van der Waals surface area contributed by atoms with Crippen LogP contribution in [0.25, 0.3) is 10.9 Å². The zero-order valence-corrected chi connectivity index (χ0v) is 11.7. The van der Waals surface area contributed by atoms with Gasteiger partial charge in [-0.3, -0.25) is 0 Å². The summed E-state index contributed by atoms with van der Waals surface area (Å²) in [6.07, 6.45) is 3.95. The number of aromatic nitrogens is 1. The molecular weight excluding hydrogens is 236 g/mol. The van der Waals surface area contributed by atoms with Gasteiger partial charge in [-0.15, -0.1) is 0 Å². The molecule has 1 aliphatic carbocycles. The Morgan fingerprint density at radius 3 is 2.79 bits per heavy atom. The van der Waals surface area contributed by atoms with Crippen LogP contribution in [0.3, 0.4) is 0 Å². The Labute approximate surface area is 114 Å². The highest BCUT2D eigenvalue weighted by molar-refractivity contribution is 5.86. The van der Waals surface area contributed by atoms with Crippen molar-refractivity contribution in [2.24, 2.45) is 0 Å². The first-order valence-electron chi connectivity index (χ1n) is 7.22. The topological polar surface area (TPSA) is 37.2 Å². The van der Waals surface area contributed by atoms with E-state index in [9.17, 15) is 5.11 Å². The first kappa shape index (κ1) is 12.5. The summed E-state index contributed by atoms with van der Waals surface area (Å²) >= 11 is 0. The molecule has 3 rings (SSSR count). The van der Waals surface area contributed by atoms with Gasteiger partial charge in [-0.05, 0) is 38.8 Å². The van der Waals surface area contributed by atoms with Crippen LogP contribution >= 0.6 is 0 Å². The monoisotopic (exact) mass is 258 g/mol. The number of nitrogens with zero attached hydrogens (tertiary/aromatic N) is 1. The van der Waals surface area contributed by atoms with Gasteiger partial charge in [0.05, 0.1) is 5.52 Å². The molecule has 3 heteroatoms. The fraction of sp³-hybridized carbons (Fsp3) is 0.500. The number of hydrogen-bond donors (Lipinski definition) is 2. The normalized spacial score (nSPS) is 16.2. The molecule has 0 aliphatic heterocycles. The second-order valence-electron chi connectivity index (χ2n) is 5.82. The van der Waals surface area contributed by atoms with Crippen molar-refractivity contribution < 1.29 is 5.11 Å². The van der Waals surface area contributed by atoms with Gasteiger partial charge in [0, 0.05) is 29.7 Å². The summed E-state index contributed by atoms with van der Waals surface area (Å²) in [7, 11) is 0. The van der Waals surface area contributed by atoms with Crippen molar-refractivity contribution in [3.8, 4) is 5.75 Å². The van der Waals surface area contributed by atoms with Gasteiger partial charge in [0.2, 0.25) is 0 Å². The van der Waals surface area contributed by atoms with E-state index in [1.165, 1.54) is 25.0 Å². The van der Waals surface area contributed by atoms with Crippen LogP contribution in [-0.4, -0.2) is 15.7 Å². The highest BCUT2D eigenvalue weighted by Gasteiger charge is 2.19. The lowest BCUT2D eigenvalue weighted by atomic mass is 9.93. The van der Waals surface area contributed by atoms with Gasteiger partial charge < -0.3 is 15.0 Å². The van der Waals surface area contributed by atoms with Crippen LogP contribution in [0.15, 0.2) is 24.3 Å². The third kappa shape index (κ3) is 2.23. The highest BCUT2D eigenvalue weighted by Crippen LogP contribution is 2.31. The van der Waals surface area contributed by atoms with E-state index >= 15 is 0 Å². The van der Waals surface area contributed by atoms with Crippen LogP contribution in [0.5, 0.6) is 5.75 Å². The summed E-state index contributed by atoms with van der Waals surface area (Å²) < 4.78 is 2.25. The van der Waals surface area contributed by atoms with E-state index in [4.69, 9.17) is 0 Å². The number of phenols is 1. The molecule has 1 fully saturated rings. The first-order chi connectivity index (χ1) is 9.16. The number of nitrogens with one attached hydrogen (secondary N) is 1. The molecule has 1 aliphatic rings. The van der Waals surface area contributed by atoms with Gasteiger partial charge in [0.15, 0.2) is 0 Å². The van der Waals surface area contributed by atoms with Gasteiger partial charge in [-0.2, -0.15) is 0 Å². The number of aromatic hydroxyl groups is 1. The Bertz CT molecular complexity index is 582. The molecule has 1 aromatic heterocycles. The Balaban J connectivity index is 1.97. The van der Waals surface area contributed by atoms with Crippen molar-refractivity contribution in [2.45, 2.75) is 51.7 Å². The van der Waals surface area contributed by atoms with E-state index in [0.29, 0.717) is 17.8 Å². The van der Waals surface area contributed by atoms with Gasteiger partial charge in [-0.1, -0.05) is 18.6 Å². The molecule has 1 heterocycles. The standard InChI is InChI=1S/C16H22N2O/c1-11(2)18-14(10-17-13-6-4-7-13)9-12-5-3-8-15(19)16(12)18/h3,5,8-9,11,13,17,19H,4,6-7,10H2,1-2H3. The van der Waals surface area contributed by atoms with Crippen LogP contribution < -0.4 is 5.32 Å².